The summed E-state index contributed by atoms with van der Waals surface area (Å²) in [7, 11) is -10.2. The van der Waals surface area contributed by atoms with Crippen molar-refractivity contribution in [3.63, 3.8) is 0 Å². The van der Waals surface area contributed by atoms with Crippen LogP contribution in [-0.4, -0.2) is 128 Å². The molecule has 1 amide bonds. The fourth-order valence-corrected chi connectivity index (χ4v) is 12.2. The quantitative estimate of drug-likeness (QED) is 0.0258. The van der Waals surface area contributed by atoms with Gasteiger partial charge in [0.2, 0.25) is 55.3 Å². The van der Waals surface area contributed by atoms with E-state index in [0.29, 0.717) is 36.4 Å². The average molecular weight is 1470 g/mol. The Morgan fingerprint density at radius 2 is 0.697 bits per heavy atom. The van der Waals surface area contributed by atoms with Crippen LogP contribution in [-0.2, 0) is 84.3 Å². The number of carbonyl (C=O) groups excluding carboxylic acids is 2. The number of halogens is 15. The molecule has 9 rings (SSSR count). The molecule has 3 heterocycles. The van der Waals surface area contributed by atoms with Gasteiger partial charge in [-0.2, -0.15) is 54.8 Å². The molecule has 9 aromatic rings. The molecule has 0 aliphatic carbocycles. The molecule has 7 N–H and O–H groups in total. The van der Waals surface area contributed by atoms with Crippen LogP contribution in [0.25, 0.3) is 32.7 Å². The summed E-state index contributed by atoms with van der Waals surface area (Å²) in [5, 5.41) is 22.5. The third-order valence-electron chi connectivity index (χ3n) is 14.5. The average Bonchev–Trinajstić information content (AvgIpc) is 1.71. The van der Waals surface area contributed by atoms with Gasteiger partial charge in [0.1, 0.15) is 0 Å². The van der Waals surface area contributed by atoms with E-state index < -0.39 is 138 Å². The van der Waals surface area contributed by atoms with Crippen molar-refractivity contribution in [2.75, 3.05) is 40.0 Å². The molecule has 0 fully saturated rings. The van der Waals surface area contributed by atoms with E-state index in [1.165, 1.54) is 54.6 Å². The third kappa shape index (κ3) is 17.9. The Kier molecular flexibility index (Phi) is 24.6. The predicted octanol–water partition coefficient (Wildman–Crippen LogP) is 8.05. The summed E-state index contributed by atoms with van der Waals surface area (Å²) in [4.78, 5) is 37.9. The number of primary amides is 1. The second-order valence-electron chi connectivity index (χ2n) is 21.3. The molecule has 0 saturated heterocycles. The summed E-state index contributed by atoms with van der Waals surface area (Å²) in [5.41, 5.74) is -5.37. The molecular formula is C58H52F15LiN10O12S3. The number of esters is 1. The van der Waals surface area contributed by atoms with Crippen molar-refractivity contribution in [2.45, 2.75) is 73.7 Å². The molecule has 3 unspecified atom stereocenters. The number of fused-ring (bicyclic) bond motifs is 3. The van der Waals surface area contributed by atoms with E-state index >= 15 is 0 Å². The number of hydrogen-bond acceptors (Lipinski definition) is 14. The molecule has 0 aliphatic rings. The molecule has 0 spiro atoms. The first-order chi connectivity index (χ1) is 44.8. The van der Waals surface area contributed by atoms with E-state index in [2.05, 4.69) is 29.5 Å². The summed E-state index contributed by atoms with van der Waals surface area (Å²) in [6, 6.07) is 21.5. The summed E-state index contributed by atoms with van der Waals surface area (Å²) in [6.07, 6.45) is -20.9. The van der Waals surface area contributed by atoms with Crippen molar-refractivity contribution in [1.29, 1.82) is 0 Å². The van der Waals surface area contributed by atoms with Crippen LogP contribution in [0, 0.1) is 0 Å². The van der Waals surface area contributed by atoms with Crippen LogP contribution < -0.4 is 38.8 Å². The first-order valence-electron chi connectivity index (χ1n) is 27.1. The Bertz CT molecular complexity index is 4540. The molecule has 99 heavy (non-hydrogen) atoms. The topological polar surface area (TPSA) is 329 Å². The fraction of sp³-hybridized carbons (Fsp3) is 0.276. The van der Waals surface area contributed by atoms with E-state index in [0.717, 1.165) is 94.9 Å². The predicted molar refractivity (Wildman–Crippen MR) is 323 cm³/mol. The molecule has 0 bridgehead atoms. The van der Waals surface area contributed by atoms with Gasteiger partial charge >= 0.3 is 49.3 Å². The van der Waals surface area contributed by atoms with Crippen molar-refractivity contribution < 1.29 is 140 Å². The number of carboxylic acid groups (broad SMARTS) is 1. The second kappa shape index (κ2) is 30.2. The molecule has 41 heteroatoms. The molecule has 22 nitrogen and oxygen atoms in total. The third-order valence-corrected chi connectivity index (χ3v) is 16.3. The van der Waals surface area contributed by atoms with Gasteiger partial charge in [-0.3, -0.25) is 19.0 Å². The number of rotatable bonds is 21. The van der Waals surface area contributed by atoms with Crippen molar-refractivity contribution >= 4 is 97.7 Å². The van der Waals surface area contributed by atoms with Gasteiger partial charge < -0.3 is 21.1 Å². The number of nitrogens with zero attached hydrogens (tertiary/aromatic N) is 6. The number of carbonyl (C=O) groups is 3. The first kappa shape index (κ1) is 80.6. The van der Waals surface area contributed by atoms with Crippen LogP contribution in [0.5, 0.6) is 0 Å². The number of sulfonamides is 3. The van der Waals surface area contributed by atoms with Gasteiger partial charge in [0.05, 0.1) is 94.8 Å². The summed E-state index contributed by atoms with van der Waals surface area (Å²) >= 11 is 0. The number of aliphatic carboxylic acids is 1. The largest absolute Gasteiger partial charge is 1.00 e. The van der Waals surface area contributed by atoms with Gasteiger partial charge in [-0.25, -0.2) is 75.2 Å². The number of alkyl halides is 15. The number of methoxy groups -OCH3 is 1. The Morgan fingerprint density at radius 1 is 0.455 bits per heavy atom. The number of anilines is 3. The van der Waals surface area contributed by atoms with Crippen LogP contribution >= 0.6 is 0 Å². The normalized spacial score (nSPS) is 14.1. The van der Waals surface area contributed by atoms with Crippen molar-refractivity contribution in [3.05, 3.63) is 179 Å². The number of amides is 1. The molecule has 6 aromatic carbocycles. The summed E-state index contributed by atoms with van der Waals surface area (Å²) in [6.45, 7) is 0. The Balaban J connectivity index is 0.000000265. The molecular weight excluding hydrogens is 1420 g/mol. The van der Waals surface area contributed by atoms with E-state index in [1.54, 1.807) is 0 Å². The minimum atomic E-state index is -4.71. The number of nitrogens with one attached hydrogen (secondary N) is 3. The van der Waals surface area contributed by atoms with Crippen LogP contribution in [0.2, 0.25) is 0 Å². The first-order valence-corrected chi connectivity index (χ1v) is 32.8. The number of ether oxygens (including phenoxy) is 1. The zero-order valence-electron chi connectivity index (χ0n) is 51.3. The zero-order chi connectivity index (χ0) is 72.4. The summed E-state index contributed by atoms with van der Waals surface area (Å²) in [5.74, 6) is -4.23. The number of benzene rings is 6. The zero-order valence-corrected chi connectivity index (χ0v) is 53.8. The molecule has 3 aromatic heterocycles. The molecule has 530 valence electrons. The smallest absolute Gasteiger partial charge is 0.870 e. The van der Waals surface area contributed by atoms with Gasteiger partial charge in [0.25, 0.3) is 0 Å². The number of nitrogens with two attached hydrogens (primary N) is 1. The number of carboxylic acids is 1. The molecule has 0 saturated carbocycles. The van der Waals surface area contributed by atoms with E-state index in [9.17, 15) is 111 Å². The van der Waals surface area contributed by atoms with Crippen LogP contribution in [0.1, 0.15) is 52.6 Å². The Hall–Kier alpha value is -9.10. The van der Waals surface area contributed by atoms with Gasteiger partial charge in [-0.15, -0.1) is 0 Å². The monoisotopic (exact) mass is 1470 g/mol. The van der Waals surface area contributed by atoms with Gasteiger partial charge in [0, 0.05) is 35.4 Å². The maximum atomic E-state index is 13.8. The Morgan fingerprint density at radius 3 is 0.949 bits per heavy atom. The van der Waals surface area contributed by atoms with Crippen molar-refractivity contribution in [3.8, 4) is 0 Å². The number of aromatic nitrogens is 6. The minimum Gasteiger partial charge on any atom is -0.870 e. The standard InChI is InChI=1S/C20H18F5N3O4S.C19H17F5N4O3S.C19H16F5N3O4S.Li.H2O/c1-32-18(29)19(10-17(21)22,12-6-8-13(9-7-12)20(23,24)25)28-16-5-3-4-15(14(16)11-26-28)27-33(2,30)31;1-32(30,31)27-14-3-2-4-15-13(14)10-26-28(15)18(17(25)29,9-16(20)21)11-5-7-12(8-6-11)19(22,23)24;1-32(30,31)26-14-3-2-4-15-13(14)10-25-27(15)18(17(28)29,9-16(20)21)11-5-7-12(8-6-11)19(22,23)24;;/h3-9,11,17,27H,10H2,1-2H3;2-8,10,16,27H,9H2,1H3,(H2,25,29);2-8,10,16,26H,9H2,1H3,(H,28,29);;1H2/q;;;+1;/p-1. The van der Waals surface area contributed by atoms with Crippen LogP contribution in [0.3, 0.4) is 0 Å². The van der Waals surface area contributed by atoms with Crippen molar-refractivity contribution in [2.24, 2.45) is 5.73 Å². The Labute approximate surface area is 562 Å². The molecule has 0 radical (unpaired) electrons. The maximum Gasteiger partial charge on any atom is 1.00 e. The van der Waals surface area contributed by atoms with Gasteiger partial charge in [-0.1, -0.05) is 54.6 Å². The molecule has 0 aliphatic heterocycles. The maximum absolute atomic E-state index is 13.8. The van der Waals surface area contributed by atoms with Gasteiger partial charge in [0.15, 0.2) is 16.6 Å². The fourth-order valence-electron chi connectivity index (χ4n) is 10.5. The second-order valence-corrected chi connectivity index (χ2v) is 26.5. The van der Waals surface area contributed by atoms with Crippen molar-refractivity contribution in [1.82, 2.24) is 29.3 Å². The van der Waals surface area contributed by atoms with Crippen LogP contribution in [0.4, 0.5) is 82.9 Å². The van der Waals surface area contributed by atoms with Crippen LogP contribution in [0.15, 0.2) is 146 Å². The van der Waals surface area contributed by atoms with E-state index in [4.69, 9.17) is 10.5 Å². The summed E-state index contributed by atoms with van der Waals surface area (Å²) < 4.78 is 283. The molecule has 3 atom stereocenters. The van der Waals surface area contributed by atoms with E-state index in [-0.39, 0.29) is 90.8 Å². The van der Waals surface area contributed by atoms with E-state index in [1.807, 2.05) is 0 Å². The number of hydrogen-bond donors (Lipinski definition) is 5. The van der Waals surface area contributed by atoms with Gasteiger partial charge in [-0.05, 0) is 89.5 Å². The minimum absolute atomic E-state index is 0. The SMILES string of the molecule is COC(=O)C(CC(F)F)(c1ccc(C(F)(F)F)cc1)n1ncc2c(NS(C)(=O)=O)cccc21.CS(=O)(=O)Nc1cccc2c1cnn2C(CC(F)F)(C(=O)O)c1ccc(C(F)(F)F)cc1.CS(=O)(=O)Nc1cccc2c1cnn2C(CC(F)F)(C(N)=O)c1ccc(C(F)(F)F)cc1.[Li+].[OH-].